The molecule has 7 nitrogen and oxygen atoms in total. The number of piperazine rings is 1. The van der Waals surface area contributed by atoms with Gasteiger partial charge in [-0.05, 0) is 66.2 Å². The number of aliphatic hydroxyl groups excluding tert-OH is 1. The van der Waals surface area contributed by atoms with Gasteiger partial charge in [0, 0.05) is 48.2 Å². The Morgan fingerprint density at radius 2 is 1.86 bits per heavy atom. The average Bonchev–Trinajstić information content (AvgIpc) is 3.34. The molecule has 1 saturated heterocycles. The number of anilines is 1. The molecular formula is C26H30N4O3S2. The normalized spacial score (nSPS) is 16.4. The van der Waals surface area contributed by atoms with Gasteiger partial charge in [-0.25, -0.2) is 13.1 Å². The van der Waals surface area contributed by atoms with Crippen molar-refractivity contribution in [2.24, 2.45) is 0 Å². The van der Waals surface area contributed by atoms with Gasteiger partial charge in [-0.2, -0.15) is 5.26 Å². The smallest absolute Gasteiger partial charge is 0.250 e. The number of fused-ring (bicyclic) bond motifs is 1. The quantitative estimate of drug-likeness (QED) is 0.447. The van der Waals surface area contributed by atoms with Crippen molar-refractivity contribution < 1.29 is 13.5 Å². The predicted octanol–water partition coefficient (Wildman–Crippen LogP) is 3.87. The zero-order valence-electron chi connectivity index (χ0n) is 19.9. The first kappa shape index (κ1) is 25.4. The lowest BCUT2D eigenvalue weighted by Gasteiger charge is -2.34. The summed E-state index contributed by atoms with van der Waals surface area (Å²) in [6, 6.07) is 18.4. The van der Waals surface area contributed by atoms with Crippen molar-refractivity contribution in [3.8, 4) is 16.5 Å². The molecule has 9 heteroatoms. The zero-order valence-corrected chi connectivity index (χ0v) is 21.6. The summed E-state index contributed by atoms with van der Waals surface area (Å²) in [4.78, 5) is 6.05. The van der Waals surface area contributed by atoms with Gasteiger partial charge in [0.1, 0.15) is 6.07 Å². The number of nitriles is 1. The molecule has 1 fully saturated rings. The van der Waals surface area contributed by atoms with Crippen molar-refractivity contribution in [1.29, 1.82) is 5.26 Å². The van der Waals surface area contributed by atoms with Crippen molar-refractivity contribution in [3.63, 3.8) is 0 Å². The molecule has 2 aromatic carbocycles. The molecule has 1 unspecified atom stereocenters. The van der Waals surface area contributed by atoms with Crippen LogP contribution >= 0.6 is 11.3 Å². The highest BCUT2D eigenvalue weighted by atomic mass is 32.2. The lowest BCUT2D eigenvalue weighted by Crippen LogP contribution is -2.44. The molecule has 2 N–H and O–H groups in total. The van der Waals surface area contributed by atoms with Crippen LogP contribution in [0.15, 0.2) is 53.4 Å². The van der Waals surface area contributed by atoms with E-state index in [0.717, 1.165) is 42.0 Å². The second kappa shape index (κ2) is 10.9. The van der Waals surface area contributed by atoms with Gasteiger partial charge in [0.15, 0.2) is 4.91 Å². The average molecular weight is 511 g/mol. The molecule has 1 aliphatic rings. The van der Waals surface area contributed by atoms with E-state index in [1.165, 1.54) is 28.5 Å². The number of sulfonamides is 1. The topological polar surface area (TPSA) is 96.7 Å². The molecule has 0 saturated carbocycles. The van der Waals surface area contributed by atoms with Gasteiger partial charge in [-0.15, -0.1) is 11.3 Å². The van der Waals surface area contributed by atoms with Crippen molar-refractivity contribution in [2.75, 3.05) is 44.7 Å². The van der Waals surface area contributed by atoms with Crippen LogP contribution in [-0.4, -0.2) is 64.3 Å². The lowest BCUT2D eigenvalue weighted by atomic mass is 10.0. The number of aliphatic hydroxyl groups is 1. The minimum Gasteiger partial charge on any atom is -0.392 e. The Morgan fingerprint density at radius 3 is 2.57 bits per heavy atom. The molecular weight excluding hydrogens is 480 g/mol. The van der Waals surface area contributed by atoms with Gasteiger partial charge in [0.2, 0.25) is 0 Å². The fraction of sp³-hybridized carbons (Fsp3) is 0.346. The fourth-order valence-electron chi connectivity index (χ4n) is 3.96. The molecule has 0 radical (unpaired) electrons. The van der Waals surface area contributed by atoms with E-state index in [1.54, 1.807) is 13.0 Å². The van der Waals surface area contributed by atoms with Gasteiger partial charge in [-0.1, -0.05) is 25.1 Å². The van der Waals surface area contributed by atoms with Crippen LogP contribution in [-0.2, 0) is 10.0 Å². The number of rotatable bonds is 8. The molecule has 2 heterocycles. The predicted molar refractivity (Wildman–Crippen MR) is 144 cm³/mol. The third-order valence-corrected chi connectivity index (χ3v) is 8.67. The van der Waals surface area contributed by atoms with E-state index in [4.69, 9.17) is 0 Å². The molecule has 35 heavy (non-hydrogen) atoms. The van der Waals surface area contributed by atoms with E-state index in [0.29, 0.717) is 11.3 Å². The van der Waals surface area contributed by atoms with Crippen molar-refractivity contribution in [3.05, 3.63) is 58.3 Å². The SMILES string of the molecule is CCC(O)CNS(=O)(=O)/C(C#N)=C/c1ccc(-c2ccc3cc(N4CCN(C)CC4)ccc3c2)s1. The monoisotopic (exact) mass is 510 g/mol. The molecule has 3 aromatic rings. The second-order valence-electron chi connectivity index (χ2n) is 8.77. The summed E-state index contributed by atoms with van der Waals surface area (Å²) in [5.41, 5.74) is 2.28. The molecule has 0 spiro atoms. The third-order valence-electron chi connectivity index (χ3n) is 6.26. The number of thiophene rings is 1. The Labute approximate surface area is 211 Å². The van der Waals surface area contributed by atoms with Crippen LogP contribution in [0.2, 0.25) is 0 Å². The van der Waals surface area contributed by atoms with Crippen molar-refractivity contribution in [1.82, 2.24) is 9.62 Å². The maximum absolute atomic E-state index is 12.5. The number of likely N-dealkylation sites (N-methyl/N-ethyl adjacent to an activating group) is 1. The molecule has 1 atom stereocenters. The zero-order chi connectivity index (χ0) is 25.0. The van der Waals surface area contributed by atoms with Crippen molar-refractivity contribution >= 4 is 43.9 Å². The minimum absolute atomic E-state index is 0.124. The van der Waals surface area contributed by atoms with Crippen LogP contribution in [0.25, 0.3) is 27.3 Å². The largest absolute Gasteiger partial charge is 0.392 e. The summed E-state index contributed by atoms with van der Waals surface area (Å²) < 4.78 is 27.2. The Bertz CT molecular complexity index is 1370. The summed E-state index contributed by atoms with van der Waals surface area (Å²) in [5.74, 6) is 0. The summed E-state index contributed by atoms with van der Waals surface area (Å²) in [7, 11) is -1.83. The maximum atomic E-state index is 12.5. The summed E-state index contributed by atoms with van der Waals surface area (Å²) >= 11 is 1.43. The molecule has 0 amide bonds. The van der Waals surface area contributed by atoms with Crippen LogP contribution in [0, 0.1) is 11.3 Å². The number of allylic oxidation sites excluding steroid dienone is 1. The standard InChI is InChI=1S/C26H30N4O3S2/c1-3-23(31)18-28-35(32,33)25(17-27)16-24-8-9-26(34-24)21-5-4-20-15-22(7-6-19(20)14-21)30-12-10-29(2)11-13-30/h4-9,14-16,23,28,31H,3,10-13,18H2,1-2H3/b25-16+. The van der Waals surface area contributed by atoms with Crippen molar-refractivity contribution in [2.45, 2.75) is 19.4 Å². The first-order chi connectivity index (χ1) is 16.8. The molecule has 4 rings (SSSR count). The van der Waals surface area contributed by atoms with Gasteiger partial charge >= 0.3 is 0 Å². The highest BCUT2D eigenvalue weighted by molar-refractivity contribution is 7.93. The van der Waals surface area contributed by atoms with E-state index < -0.39 is 16.1 Å². The van der Waals surface area contributed by atoms with E-state index >= 15 is 0 Å². The van der Waals surface area contributed by atoms with Gasteiger partial charge in [0.25, 0.3) is 10.0 Å². The Hall–Kier alpha value is -2.74. The maximum Gasteiger partial charge on any atom is 0.250 e. The summed E-state index contributed by atoms with van der Waals surface area (Å²) in [5, 5.41) is 21.4. The van der Waals surface area contributed by atoms with Crippen LogP contribution in [0.4, 0.5) is 5.69 Å². The number of benzene rings is 2. The highest BCUT2D eigenvalue weighted by Crippen LogP contribution is 2.33. The molecule has 0 aliphatic carbocycles. The third kappa shape index (κ3) is 6.10. The highest BCUT2D eigenvalue weighted by Gasteiger charge is 2.19. The van der Waals surface area contributed by atoms with Gasteiger partial charge < -0.3 is 14.9 Å². The van der Waals surface area contributed by atoms with Crippen LogP contribution in [0.1, 0.15) is 18.2 Å². The number of nitrogens with one attached hydrogen (secondary N) is 1. The van der Waals surface area contributed by atoms with Crippen LogP contribution in [0.3, 0.4) is 0 Å². The fourth-order valence-corrected chi connectivity index (χ4v) is 5.95. The van der Waals surface area contributed by atoms with E-state index in [1.807, 2.05) is 12.1 Å². The van der Waals surface area contributed by atoms with Crippen LogP contribution in [0.5, 0.6) is 0 Å². The number of hydrogen-bond acceptors (Lipinski definition) is 7. The van der Waals surface area contributed by atoms with Gasteiger partial charge in [-0.3, -0.25) is 0 Å². The number of nitrogens with zero attached hydrogens (tertiary/aromatic N) is 3. The lowest BCUT2D eigenvalue weighted by molar-refractivity contribution is 0.174. The molecule has 1 aliphatic heterocycles. The summed E-state index contributed by atoms with van der Waals surface area (Å²) in [6.07, 6.45) is 1.01. The molecule has 1 aromatic heterocycles. The second-order valence-corrected chi connectivity index (χ2v) is 11.6. The van der Waals surface area contributed by atoms with Gasteiger partial charge in [0.05, 0.1) is 6.10 Å². The first-order valence-electron chi connectivity index (χ1n) is 11.7. The Morgan fingerprint density at radius 1 is 1.14 bits per heavy atom. The van der Waals surface area contributed by atoms with Crippen LogP contribution < -0.4 is 9.62 Å². The van der Waals surface area contributed by atoms with E-state index in [-0.39, 0.29) is 11.4 Å². The molecule has 184 valence electrons. The van der Waals surface area contributed by atoms with E-state index in [9.17, 15) is 18.8 Å². The molecule has 0 bridgehead atoms. The van der Waals surface area contributed by atoms with E-state index in [2.05, 4.69) is 58.0 Å². The minimum atomic E-state index is -3.99. The Balaban J connectivity index is 1.53. The number of hydrogen-bond donors (Lipinski definition) is 2. The summed E-state index contributed by atoms with van der Waals surface area (Å²) in [6.45, 7) is 5.82. The first-order valence-corrected chi connectivity index (χ1v) is 14.0. The Kier molecular flexibility index (Phi) is 7.89.